The molecule has 2 aliphatic rings. The molecule has 1 amide bonds. The zero-order chi connectivity index (χ0) is 22.3. The van der Waals surface area contributed by atoms with E-state index in [-0.39, 0.29) is 18.4 Å². The average Bonchev–Trinajstić information content (AvgIpc) is 2.81. The van der Waals surface area contributed by atoms with Gasteiger partial charge in [-0.1, -0.05) is 12.8 Å². The van der Waals surface area contributed by atoms with Gasteiger partial charge >= 0.3 is 5.63 Å². The van der Waals surface area contributed by atoms with Crippen LogP contribution in [-0.4, -0.2) is 48.3 Å². The van der Waals surface area contributed by atoms with E-state index < -0.39 is 11.2 Å². The molecule has 1 saturated heterocycles. The number of amides is 1. The Morgan fingerprint density at radius 1 is 1.12 bits per heavy atom. The van der Waals surface area contributed by atoms with Gasteiger partial charge in [0, 0.05) is 35.8 Å². The molecule has 2 heterocycles. The number of methoxy groups -OCH3 is 1. The zero-order valence-corrected chi connectivity index (χ0v) is 18.1. The Morgan fingerprint density at radius 2 is 1.94 bits per heavy atom. The number of nitrogens with zero attached hydrogens (tertiary/aromatic N) is 1. The second-order valence-corrected chi connectivity index (χ2v) is 8.88. The minimum atomic E-state index is -0.613. The van der Waals surface area contributed by atoms with Gasteiger partial charge in [-0.15, -0.1) is 0 Å². The average molecular weight is 437 g/mol. The number of aliphatic hydroxyl groups is 1. The molecular formula is C25H27NO6. The van der Waals surface area contributed by atoms with E-state index in [1.165, 1.54) is 0 Å². The highest BCUT2D eigenvalue weighted by Gasteiger charge is 2.43. The number of hydrogen-bond acceptors (Lipinski definition) is 6. The number of likely N-dealkylation sites (tertiary alicyclic amines) is 1. The monoisotopic (exact) mass is 437 g/mol. The third-order valence-corrected chi connectivity index (χ3v) is 7.04. The van der Waals surface area contributed by atoms with Crippen LogP contribution in [0.3, 0.4) is 0 Å². The molecule has 2 aromatic carbocycles. The maximum Gasteiger partial charge on any atom is 0.344 e. The van der Waals surface area contributed by atoms with Crippen LogP contribution < -0.4 is 15.1 Å². The number of hydrogen-bond donors (Lipinski definition) is 1. The van der Waals surface area contributed by atoms with Crippen LogP contribution in [0.5, 0.6) is 11.5 Å². The summed E-state index contributed by atoms with van der Waals surface area (Å²) < 4.78 is 16.4. The molecule has 3 aromatic rings. The zero-order valence-electron chi connectivity index (χ0n) is 18.1. The lowest BCUT2D eigenvalue weighted by atomic mass is 9.71. The molecule has 2 atom stereocenters. The van der Waals surface area contributed by atoms with Crippen LogP contribution in [0.15, 0.2) is 45.6 Å². The third-order valence-electron chi connectivity index (χ3n) is 7.04. The number of ether oxygens (including phenoxy) is 2. The molecule has 1 aliphatic carbocycles. The fourth-order valence-electron chi connectivity index (χ4n) is 5.14. The smallest absolute Gasteiger partial charge is 0.344 e. The normalized spacial score (nSPS) is 23.2. The molecule has 7 heteroatoms. The van der Waals surface area contributed by atoms with Crippen molar-refractivity contribution in [3.63, 3.8) is 0 Å². The highest BCUT2D eigenvalue weighted by atomic mass is 16.5. The van der Waals surface area contributed by atoms with Crippen LogP contribution >= 0.6 is 0 Å². The number of piperidine rings is 1. The standard InChI is InChI=1S/C25H27NO6/c1-30-17-5-7-19-20-8-6-18(13-22(20)32-24(28)21(19)12-17)31-15-23(27)26-11-10-25(29)9-3-2-4-16(25)14-26/h5-8,12-13,16,29H,2-4,9-11,14-15H2,1H3. The fourth-order valence-corrected chi connectivity index (χ4v) is 5.14. The molecule has 7 nitrogen and oxygen atoms in total. The summed E-state index contributed by atoms with van der Waals surface area (Å²) in [6.45, 7) is 1.05. The van der Waals surface area contributed by atoms with Crippen molar-refractivity contribution in [2.24, 2.45) is 5.92 Å². The second-order valence-electron chi connectivity index (χ2n) is 8.88. The van der Waals surface area contributed by atoms with E-state index in [9.17, 15) is 14.7 Å². The van der Waals surface area contributed by atoms with E-state index in [0.717, 1.165) is 36.5 Å². The molecule has 168 valence electrons. The summed E-state index contributed by atoms with van der Waals surface area (Å²) in [5.41, 5.74) is -0.658. The van der Waals surface area contributed by atoms with Gasteiger partial charge in [-0.3, -0.25) is 4.79 Å². The molecule has 0 bridgehead atoms. The Balaban J connectivity index is 1.31. The van der Waals surface area contributed by atoms with Crippen LogP contribution in [0.2, 0.25) is 0 Å². The van der Waals surface area contributed by atoms with Crippen LogP contribution in [0.25, 0.3) is 21.7 Å². The quantitative estimate of drug-likeness (QED) is 0.497. The van der Waals surface area contributed by atoms with Crippen molar-refractivity contribution >= 4 is 27.6 Å². The first-order valence-corrected chi connectivity index (χ1v) is 11.1. The van der Waals surface area contributed by atoms with E-state index in [4.69, 9.17) is 13.9 Å². The lowest BCUT2D eigenvalue weighted by Gasteiger charge is -2.47. The van der Waals surface area contributed by atoms with Crippen molar-refractivity contribution in [3.8, 4) is 11.5 Å². The first-order valence-electron chi connectivity index (χ1n) is 11.1. The molecule has 2 unspecified atom stereocenters. The fraction of sp³-hybridized carbons (Fsp3) is 0.440. The van der Waals surface area contributed by atoms with Gasteiger partial charge in [0.05, 0.1) is 18.1 Å². The SMILES string of the molecule is COc1ccc2c(c1)c(=O)oc1cc(OCC(=O)N3CCC4(O)CCCCC4C3)ccc12. The Morgan fingerprint density at radius 3 is 2.78 bits per heavy atom. The van der Waals surface area contributed by atoms with Gasteiger partial charge in [-0.25, -0.2) is 4.79 Å². The van der Waals surface area contributed by atoms with Crippen molar-refractivity contribution < 1.29 is 23.8 Å². The minimum Gasteiger partial charge on any atom is -0.497 e. The molecule has 1 aliphatic heterocycles. The van der Waals surface area contributed by atoms with Crippen LogP contribution in [0.4, 0.5) is 0 Å². The number of fused-ring (bicyclic) bond motifs is 4. The largest absolute Gasteiger partial charge is 0.497 e. The molecular weight excluding hydrogens is 410 g/mol. The summed E-state index contributed by atoms with van der Waals surface area (Å²) in [5.74, 6) is 1.11. The number of carbonyl (C=O) groups excluding carboxylic acids is 1. The van der Waals surface area contributed by atoms with Gasteiger partial charge in [-0.05, 0) is 49.6 Å². The number of carbonyl (C=O) groups is 1. The van der Waals surface area contributed by atoms with Gasteiger partial charge in [0.1, 0.15) is 17.1 Å². The second kappa shape index (κ2) is 8.13. The lowest BCUT2D eigenvalue weighted by Crippen LogP contribution is -2.55. The molecule has 0 radical (unpaired) electrons. The lowest BCUT2D eigenvalue weighted by molar-refractivity contribution is -0.145. The molecule has 2 fully saturated rings. The highest BCUT2D eigenvalue weighted by Crippen LogP contribution is 2.39. The van der Waals surface area contributed by atoms with E-state index in [1.807, 2.05) is 12.1 Å². The molecule has 5 rings (SSSR count). The Hall–Kier alpha value is -3.06. The summed E-state index contributed by atoms with van der Waals surface area (Å²) in [7, 11) is 1.55. The van der Waals surface area contributed by atoms with Crippen molar-refractivity contribution in [1.29, 1.82) is 0 Å². The maximum atomic E-state index is 12.7. The molecule has 0 spiro atoms. The first kappa shape index (κ1) is 20.8. The minimum absolute atomic E-state index is 0.0916. The van der Waals surface area contributed by atoms with Crippen LogP contribution in [0.1, 0.15) is 32.1 Å². The van der Waals surface area contributed by atoms with Gasteiger partial charge in [0.2, 0.25) is 0 Å². The summed E-state index contributed by atoms with van der Waals surface area (Å²) in [6.07, 6.45) is 4.59. The van der Waals surface area contributed by atoms with Crippen molar-refractivity contribution in [1.82, 2.24) is 4.90 Å². The Labute approximate surface area is 185 Å². The summed E-state index contributed by atoms with van der Waals surface area (Å²) in [4.78, 5) is 27.0. The van der Waals surface area contributed by atoms with Gasteiger partial charge in [0.25, 0.3) is 5.91 Å². The van der Waals surface area contributed by atoms with Crippen molar-refractivity contribution in [2.45, 2.75) is 37.7 Å². The number of benzene rings is 2. The van der Waals surface area contributed by atoms with E-state index >= 15 is 0 Å². The molecule has 1 N–H and O–H groups in total. The topological polar surface area (TPSA) is 89.2 Å². The predicted molar refractivity (Wildman–Crippen MR) is 120 cm³/mol. The first-order chi connectivity index (χ1) is 15.5. The number of rotatable bonds is 4. The Bertz CT molecular complexity index is 1230. The third kappa shape index (κ3) is 3.71. The van der Waals surface area contributed by atoms with Gasteiger partial charge < -0.3 is 23.9 Å². The summed E-state index contributed by atoms with van der Waals surface area (Å²) in [5, 5.41) is 12.8. The van der Waals surface area contributed by atoms with Crippen LogP contribution in [-0.2, 0) is 4.79 Å². The van der Waals surface area contributed by atoms with Crippen molar-refractivity contribution in [3.05, 3.63) is 46.8 Å². The predicted octanol–water partition coefficient (Wildman–Crippen LogP) is 3.49. The van der Waals surface area contributed by atoms with E-state index in [2.05, 4.69) is 0 Å². The van der Waals surface area contributed by atoms with E-state index in [1.54, 1.807) is 36.3 Å². The molecule has 32 heavy (non-hydrogen) atoms. The molecule has 1 aromatic heterocycles. The van der Waals surface area contributed by atoms with Gasteiger partial charge in [0.15, 0.2) is 6.61 Å². The summed E-state index contributed by atoms with van der Waals surface area (Å²) >= 11 is 0. The van der Waals surface area contributed by atoms with Gasteiger partial charge in [-0.2, -0.15) is 0 Å². The van der Waals surface area contributed by atoms with E-state index in [0.29, 0.717) is 42.0 Å². The molecule has 1 saturated carbocycles. The Kier molecular flexibility index (Phi) is 5.29. The van der Waals surface area contributed by atoms with Crippen LogP contribution in [0, 0.1) is 5.92 Å². The summed E-state index contributed by atoms with van der Waals surface area (Å²) in [6, 6.07) is 10.5. The van der Waals surface area contributed by atoms with Crippen molar-refractivity contribution in [2.75, 3.05) is 26.8 Å². The highest BCUT2D eigenvalue weighted by molar-refractivity contribution is 6.04. The maximum absolute atomic E-state index is 12.7.